The second-order valence-electron chi connectivity index (χ2n) is 7.44. The number of likely N-dealkylation sites (tertiary alicyclic amines) is 1. The van der Waals surface area contributed by atoms with Gasteiger partial charge in [0, 0.05) is 31.2 Å². The Balaban J connectivity index is 1.78. The van der Waals surface area contributed by atoms with Gasteiger partial charge in [-0.15, -0.1) is 0 Å². The van der Waals surface area contributed by atoms with E-state index in [9.17, 15) is 18.4 Å². The van der Waals surface area contributed by atoms with Gasteiger partial charge in [-0.05, 0) is 51.7 Å². The summed E-state index contributed by atoms with van der Waals surface area (Å²) in [6.07, 6.45) is 1.54. The third kappa shape index (κ3) is 5.69. The number of piperidine rings is 1. The van der Waals surface area contributed by atoms with Crippen molar-refractivity contribution in [1.82, 2.24) is 15.5 Å². The van der Waals surface area contributed by atoms with Crippen LogP contribution in [0.4, 0.5) is 13.6 Å². The Hall–Kier alpha value is -2.18. The second-order valence-corrected chi connectivity index (χ2v) is 7.44. The highest BCUT2D eigenvalue weighted by Gasteiger charge is 2.25. The molecule has 3 amide bonds. The van der Waals surface area contributed by atoms with Gasteiger partial charge in [0.25, 0.3) is 5.91 Å². The fourth-order valence-corrected chi connectivity index (χ4v) is 2.75. The van der Waals surface area contributed by atoms with Crippen molar-refractivity contribution in [2.45, 2.75) is 39.2 Å². The first-order chi connectivity index (χ1) is 11.7. The van der Waals surface area contributed by atoms with E-state index in [2.05, 4.69) is 10.6 Å². The molecule has 5 nitrogen and oxygen atoms in total. The normalized spacial score (nSPS) is 15.8. The van der Waals surface area contributed by atoms with Crippen molar-refractivity contribution in [3.63, 3.8) is 0 Å². The Morgan fingerprint density at radius 3 is 2.40 bits per heavy atom. The lowest BCUT2D eigenvalue weighted by Crippen LogP contribution is -2.51. The van der Waals surface area contributed by atoms with Crippen molar-refractivity contribution in [2.75, 3.05) is 19.6 Å². The first-order valence-corrected chi connectivity index (χ1v) is 8.46. The molecule has 1 aromatic rings. The number of hydrogen-bond acceptors (Lipinski definition) is 2. The molecule has 138 valence electrons. The standard InChI is InChI=1S/C18H25F2N3O2/c1-18(2,3)22-17(25)23-8-6-12(7-9-23)11-21-16(24)14-5-4-13(19)10-15(14)20/h4-5,10,12H,6-9,11H2,1-3H3,(H,21,24)(H,22,25). The average Bonchev–Trinajstić information content (AvgIpc) is 2.51. The third-order valence-corrected chi connectivity index (χ3v) is 4.11. The molecule has 0 unspecified atom stereocenters. The van der Waals surface area contributed by atoms with Crippen LogP contribution in [0.25, 0.3) is 0 Å². The predicted molar refractivity (Wildman–Crippen MR) is 91.3 cm³/mol. The molecule has 0 aromatic heterocycles. The molecule has 2 N–H and O–H groups in total. The highest BCUT2D eigenvalue weighted by molar-refractivity contribution is 5.94. The molecular weight excluding hydrogens is 328 g/mol. The highest BCUT2D eigenvalue weighted by Crippen LogP contribution is 2.17. The van der Waals surface area contributed by atoms with E-state index < -0.39 is 17.5 Å². The molecule has 0 radical (unpaired) electrons. The van der Waals surface area contributed by atoms with E-state index in [1.54, 1.807) is 4.90 Å². The highest BCUT2D eigenvalue weighted by atomic mass is 19.1. The number of benzene rings is 1. The van der Waals surface area contributed by atoms with Crippen molar-refractivity contribution >= 4 is 11.9 Å². The van der Waals surface area contributed by atoms with Crippen LogP contribution in [0.15, 0.2) is 18.2 Å². The number of rotatable bonds is 3. The fourth-order valence-electron chi connectivity index (χ4n) is 2.75. The monoisotopic (exact) mass is 353 g/mol. The van der Waals surface area contributed by atoms with Gasteiger partial charge in [0.15, 0.2) is 0 Å². The van der Waals surface area contributed by atoms with Crippen molar-refractivity contribution in [1.29, 1.82) is 0 Å². The van der Waals surface area contributed by atoms with Crippen LogP contribution in [0.5, 0.6) is 0 Å². The Kier molecular flexibility index (Phi) is 5.98. The Morgan fingerprint density at radius 1 is 1.20 bits per heavy atom. The average molecular weight is 353 g/mol. The predicted octanol–water partition coefficient (Wildman–Crippen LogP) is 2.91. The van der Waals surface area contributed by atoms with Gasteiger partial charge < -0.3 is 15.5 Å². The van der Waals surface area contributed by atoms with E-state index in [1.807, 2.05) is 20.8 Å². The molecule has 1 aliphatic heterocycles. The minimum absolute atomic E-state index is 0.0802. The Labute approximate surface area is 146 Å². The van der Waals surface area contributed by atoms with Crippen molar-refractivity contribution in [2.24, 2.45) is 5.92 Å². The summed E-state index contributed by atoms with van der Waals surface area (Å²) in [5.74, 6) is -1.90. The Morgan fingerprint density at radius 2 is 1.84 bits per heavy atom. The summed E-state index contributed by atoms with van der Waals surface area (Å²) in [6, 6.07) is 2.81. The van der Waals surface area contributed by atoms with Crippen LogP contribution in [-0.2, 0) is 0 Å². The van der Waals surface area contributed by atoms with Crippen LogP contribution < -0.4 is 10.6 Å². The topological polar surface area (TPSA) is 61.4 Å². The summed E-state index contributed by atoms with van der Waals surface area (Å²) in [4.78, 5) is 25.9. The molecule has 0 saturated carbocycles. The maximum Gasteiger partial charge on any atom is 0.317 e. The zero-order valence-corrected chi connectivity index (χ0v) is 14.9. The number of carbonyl (C=O) groups is 2. The first-order valence-electron chi connectivity index (χ1n) is 8.46. The van der Waals surface area contributed by atoms with Crippen molar-refractivity contribution < 1.29 is 18.4 Å². The maximum absolute atomic E-state index is 13.6. The molecular formula is C18H25F2N3O2. The van der Waals surface area contributed by atoms with Crippen LogP contribution >= 0.6 is 0 Å². The van der Waals surface area contributed by atoms with E-state index >= 15 is 0 Å². The van der Waals surface area contributed by atoms with Gasteiger partial charge in [-0.2, -0.15) is 0 Å². The molecule has 0 aliphatic carbocycles. The number of nitrogens with zero attached hydrogens (tertiary/aromatic N) is 1. The lowest BCUT2D eigenvalue weighted by molar-refractivity contribution is 0.0933. The lowest BCUT2D eigenvalue weighted by Gasteiger charge is -2.34. The van der Waals surface area contributed by atoms with Crippen molar-refractivity contribution in [3.8, 4) is 0 Å². The van der Waals surface area contributed by atoms with Crippen LogP contribution in [0.1, 0.15) is 44.0 Å². The van der Waals surface area contributed by atoms with Crippen LogP contribution in [0, 0.1) is 17.6 Å². The van der Waals surface area contributed by atoms with Crippen LogP contribution in [0.3, 0.4) is 0 Å². The van der Waals surface area contributed by atoms with Gasteiger partial charge in [0.2, 0.25) is 0 Å². The van der Waals surface area contributed by atoms with Crippen LogP contribution in [0.2, 0.25) is 0 Å². The minimum Gasteiger partial charge on any atom is -0.352 e. The number of amides is 3. The van der Waals surface area contributed by atoms with E-state index in [-0.39, 0.29) is 23.1 Å². The zero-order valence-electron chi connectivity index (χ0n) is 14.9. The van der Waals surface area contributed by atoms with Gasteiger partial charge in [-0.1, -0.05) is 0 Å². The molecule has 1 fully saturated rings. The van der Waals surface area contributed by atoms with E-state index in [0.717, 1.165) is 25.0 Å². The van der Waals surface area contributed by atoms with Crippen molar-refractivity contribution in [3.05, 3.63) is 35.4 Å². The summed E-state index contributed by atoms with van der Waals surface area (Å²) in [5.41, 5.74) is -0.440. The molecule has 1 aliphatic rings. The molecule has 25 heavy (non-hydrogen) atoms. The van der Waals surface area contributed by atoms with Gasteiger partial charge in [0.1, 0.15) is 11.6 Å². The van der Waals surface area contributed by atoms with E-state index in [1.165, 1.54) is 0 Å². The number of hydrogen-bond donors (Lipinski definition) is 2. The zero-order chi connectivity index (χ0) is 18.6. The molecule has 2 rings (SSSR count). The molecule has 1 aromatic carbocycles. The quantitative estimate of drug-likeness (QED) is 0.878. The minimum atomic E-state index is -0.869. The lowest BCUT2D eigenvalue weighted by atomic mass is 9.96. The van der Waals surface area contributed by atoms with Crippen LogP contribution in [-0.4, -0.2) is 42.0 Å². The second kappa shape index (κ2) is 7.80. The van der Waals surface area contributed by atoms with E-state index in [0.29, 0.717) is 25.7 Å². The SMILES string of the molecule is CC(C)(C)NC(=O)N1CCC(CNC(=O)c2ccc(F)cc2F)CC1. The smallest absolute Gasteiger partial charge is 0.317 e. The largest absolute Gasteiger partial charge is 0.352 e. The number of halogens is 2. The summed E-state index contributed by atoms with van der Waals surface area (Å²) >= 11 is 0. The summed E-state index contributed by atoms with van der Waals surface area (Å²) in [7, 11) is 0. The summed E-state index contributed by atoms with van der Waals surface area (Å²) in [5, 5.41) is 5.62. The fraction of sp³-hybridized carbons (Fsp3) is 0.556. The molecule has 1 heterocycles. The van der Waals surface area contributed by atoms with Gasteiger partial charge >= 0.3 is 6.03 Å². The number of urea groups is 1. The summed E-state index contributed by atoms with van der Waals surface area (Å²) < 4.78 is 26.5. The summed E-state index contributed by atoms with van der Waals surface area (Å²) in [6.45, 7) is 7.44. The number of carbonyl (C=O) groups excluding carboxylic acids is 2. The maximum atomic E-state index is 13.6. The van der Waals surface area contributed by atoms with E-state index in [4.69, 9.17) is 0 Å². The molecule has 0 spiro atoms. The third-order valence-electron chi connectivity index (χ3n) is 4.11. The Bertz CT molecular complexity index is 636. The van der Waals surface area contributed by atoms with Gasteiger partial charge in [-0.3, -0.25) is 4.79 Å². The molecule has 0 bridgehead atoms. The van der Waals surface area contributed by atoms with Gasteiger partial charge in [-0.25, -0.2) is 13.6 Å². The van der Waals surface area contributed by atoms with Gasteiger partial charge in [0.05, 0.1) is 5.56 Å². The number of nitrogens with one attached hydrogen (secondary N) is 2. The first kappa shape index (κ1) is 19.1. The molecule has 1 saturated heterocycles. The molecule has 7 heteroatoms. The molecule has 0 atom stereocenters.